The van der Waals surface area contributed by atoms with E-state index in [2.05, 4.69) is 20.4 Å². The summed E-state index contributed by atoms with van der Waals surface area (Å²) in [5.74, 6) is 1.27. The number of guanidine groups is 1. The fourth-order valence-corrected chi connectivity index (χ4v) is 1.01. The molecule has 0 amide bonds. The SMILES string of the molecule is CCNC(N)=NCCc1ncn(C)n1. The second-order valence-corrected chi connectivity index (χ2v) is 2.88. The highest BCUT2D eigenvalue weighted by molar-refractivity contribution is 5.77. The Hall–Kier alpha value is -1.59. The molecule has 6 heteroatoms. The normalized spacial score (nSPS) is 11.7. The van der Waals surface area contributed by atoms with Crippen molar-refractivity contribution in [2.24, 2.45) is 17.8 Å². The van der Waals surface area contributed by atoms with Crippen molar-refractivity contribution in [2.75, 3.05) is 13.1 Å². The van der Waals surface area contributed by atoms with Crippen molar-refractivity contribution < 1.29 is 0 Å². The van der Waals surface area contributed by atoms with Gasteiger partial charge in [0, 0.05) is 26.6 Å². The van der Waals surface area contributed by atoms with E-state index in [0.29, 0.717) is 18.9 Å². The second-order valence-electron chi connectivity index (χ2n) is 2.88. The Balaban J connectivity index is 2.31. The zero-order valence-electron chi connectivity index (χ0n) is 8.56. The minimum Gasteiger partial charge on any atom is -0.370 e. The molecule has 0 aliphatic heterocycles. The van der Waals surface area contributed by atoms with Gasteiger partial charge in [-0.15, -0.1) is 0 Å². The lowest BCUT2D eigenvalue weighted by Crippen LogP contribution is -2.31. The van der Waals surface area contributed by atoms with Crippen LogP contribution in [0.1, 0.15) is 12.7 Å². The third-order valence-corrected chi connectivity index (χ3v) is 1.62. The van der Waals surface area contributed by atoms with Gasteiger partial charge < -0.3 is 11.1 Å². The average molecular weight is 196 g/mol. The van der Waals surface area contributed by atoms with E-state index < -0.39 is 0 Å². The van der Waals surface area contributed by atoms with Gasteiger partial charge in [-0.25, -0.2) is 4.98 Å². The number of aromatic nitrogens is 3. The average Bonchev–Trinajstić information content (AvgIpc) is 2.52. The highest BCUT2D eigenvalue weighted by Crippen LogP contribution is 1.89. The number of aryl methyl sites for hydroxylation is 1. The van der Waals surface area contributed by atoms with Crippen molar-refractivity contribution in [3.63, 3.8) is 0 Å². The first-order chi connectivity index (χ1) is 6.72. The minimum atomic E-state index is 0.475. The quantitative estimate of drug-likeness (QED) is 0.492. The monoisotopic (exact) mass is 196 g/mol. The van der Waals surface area contributed by atoms with Gasteiger partial charge in [-0.3, -0.25) is 9.67 Å². The maximum absolute atomic E-state index is 5.55. The van der Waals surface area contributed by atoms with Gasteiger partial charge in [-0.1, -0.05) is 0 Å². The molecule has 1 aromatic rings. The van der Waals surface area contributed by atoms with Crippen molar-refractivity contribution >= 4 is 5.96 Å². The van der Waals surface area contributed by atoms with Crippen molar-refractivity contribution in [1.29, 1.82) is 0 Å². The summed E-state index contributed by atoms with van der Waals surface area (Å²) in [6, 6.07) is 0. The van der Waals surface area contributed by atoms with Crippen LogP contribution in [0.5, 0.6) is 0 Å². The molecule has 0 saturated carbocycles. The molecule has 1 heterocycles. The van der Waals surface area contributed by atoms with Gasteiger partial charge in [0.2, 0.25) is 0 Å². The predicted octanol–water partition coefficient (Wildman–Crippen LogP) is -0.718. The van der Waals surface area contributed by atoms with Crippen LogP contribution in [0.4, 0.5) is 0 Å². The molecule has 0 unspecified atom stereocenters. The molecule has 1 rings (SSSR count). The first-order valence-electron chi connectivity index (χ1n) is 4.60. The molecule has 0 fully saturated rings. The number of rotatable bonds is 4. The smallest absolute Gasteiger partial charge is 0.188 e. The molecule has 0 saturated heterocycles. The predicted molar refractivity (Wildman–Crippen MR) is 54.9 cm³/mol. The van der Waals surface area contributed by atoms with E-state index in [0.717, 1.165) is 12.4 Å². The third-order valence-electron chi connectivity index (χ3n) is 1.62. The highest BCUT2D eigenvalue weighted by Gasteiger charge is 1.97. The lowest BCUT2D eigenvalue weighted by atomic mass is 10.4. The maximum atomic E-state index is 5.55. The lowest BCUT2D eigenvalue weighted by molar-refractivity contribution is 0.738. The summed E-state index contributed by atoms with van der Waals surface area (Å²) in [5, 5.41) is 7.05. The Morgan fingerprint density at radius 1 is 1.71 bits per heavy atom. The summed E-state index contributed by atoms with van der Waals surface area (Å²) in [6.45, 7) is 3.38. The van der Waals surface area contributed by atoms with E-state index in [-0.39, 0.29) is 0 Å². The summed E-state index contributed by atoms with van der Waals surface area (Å²) in [4.78, 5) is 8.19. The number of nitrogens with one attached hydrogen (secondary N) is 1. The standard InChI is InChI=1S/C8H16N6/c1-3-10-8(9)11-5-4-7-12-6-14(2)13-7/h6H,3-5H2,1-2H3,(H3,9,10,11). The molecule has 0 aliphatic rings. The van der Waals surface area contributed by atoms with Crippen LogP contribution in [-0.2, 0) is 13.5 Å². The molecule has 0 atom stereocenters. The highest BCUT2D eigenvalue weighted by atomic mass is 15.3. The van der Waals surface area contributed by atoms with Crippen LogP contribution in [0.2, 0.25) is 0 Å². The molecule has 14 heavy (non-hydrogen) atoms. The van der Waals surface area contributed by atoms with Crippen molar-refractivity contribution in [3.8, 4) is 0 Å². The topological polar surface area (TPSA) is 81.1 Å². The molecule has 6 nitrogen and oxygen atoms in total. The zero-order chi connectivity index (χ0) is 10.4. The third kappa shape index (κ3) is 3.42. The molecule has 78 valence electrons. The summed E-state index contributed by atoms with van der Waals surface area (Å²) in [5.41, 5.74) is 5.55. The van der Waals surface area contributed by atoms with Crippen LogP contribution in [0.15, 0.2) is 11.3 Å². The number of hydrogen-bond acceptors (Lipinski definition) is 3. The largest absolute Gasteiger partial charge is 0.370 e. The molecular formula is C8H16N6. The Labute approximate surface area is 83.2 Å². The van der Waals surface area contributed by atoms with Crippen molar-refractivity contribution in [1.82, 2.24) is 20.1 Å². The molecule has 1 aromatic heterocycles. The molecule has 0 aliphatic carbocycles. The summed E-state index contributed by atoms with van der Waals surface area (Å²) in [7, 11) is 1.84. The summed E-state index contributed by atoms with van der Waals surface area (Å²) in [6.07, 6.45) is 2.39. The Morgan fingerprint density at radius 2 is 2.50 bits per heavy atom. The van der Waals surface area contributed by atoms with Gasteiger partial charge in [0.25, 0.3) is 0 Å². The van der Waals surface area contributed by atoms with E-state index in [1.807, 2.05) is 14.0 Å². The summed E-state index contributed by atoms with van der Waals surface area (Å²) < 4.78 is 1.67. The lowest BCUT2D eigenvalue weighted by Gasteiger charge is -1.99. The van der Waals surface area contributed by atoms with Crippen LogP contribution in [0.25, 0.3) is 0 Å². The van der Waals surface area contributed by atoms with Crippen LogP contribution in [0, 0.1) is 0 Å². The molecular weight excluding hydrogens is 180 g/mol. The van der Waals surface area contributed by atoms with Crippen molar-refractivity contribution in [3.05, 3.63) is 12.2 Å². The molecule has 3 N–H and O–H groups in total. The van der Waals surface area contributed by atoms with Gasteiger partial charge in [-0.2, -0.15) is 5.10 Å². The second kappa shape index (κ2) is 5.21. The van der Waals surface area contributed by atoms with Crippen LogP contribution in [0.3, 0.4) is 0 Å². The Bertz CT molecular complexity index is 303. The number of hydrogen-bond donors (Lipinski definition) is 2. The first-order valence-corrected chi connectivity index (χ1v) is 4.60. The van der Waals surface area contributed by atoms with E-state index in [4.69, 9.17) is 5.73 Å². The molecule has 0 bridgehead atoms. The van der Waals surface area contributed by atoms with Crippen LogP contribution in [-0.4, -0.2) is 33.8 Å². The zero-order valence-corrected chi connectivity index (χ0v) is 8.56. The Kier molecular flexibility index (Phi) is 3.90. The van der Waals surface area contributed by atoms with E-state index in [1.165, 1.54) is 0 Å². The van der Waals surface area contributed by atoms with E-state index >= 15 is 0 Å². The van der Waals surface area contributed by atoms with E-state index in [1.54, 1.807) is 11.0 Å². The van der Waals surface area contributed by atoms with Gasteiger partial charge in [0.15, 0.2) is 11.8 Å². The summed E-state index contributed by atoms with van der Waals surface area (Å²) >= 11 is 0. The maximum Gasteiger partial charge on any atom is 0.188 e. The number of nitrogens with zero attached hydrogens (tertiary/aromatic N) is 4. The molecule has 0 aromatic carbocycles. The fourth-order valence-electron chi connectivity index (χ4n) is 1.01. The van der Waals surface area contributed by atoms with E-state index in [9.17, 15) is 0 Å². The first kappa shape index (κ1) is 10.5. The van der Waals surface area contributed by atoms with Gasteiger partial charge in [0.1, 0.15) is 6.33 Å². The molecule has 0 radical (unpaired) electrons. The van der Waals surface area contributed by atoms with Gasteiger partial charge in [0.05, 0.1) is 0 Å². The van der Waals surface area contributed by atoms with Gasteiger partial charge in [-0.05, 0) is 6.92 Å². The van der Waals surface area contributed by atoms with Gasteiger partial charge >= 0.3 is 0 Å². The Morgan fingerprint density at radius 3 is 3.07 bits per heavy atom. The fraction of sp³-hybridized carbons (Fsp3) is 0.625. The minimum absolute atomic E-state index is 0.475. The number of nitrogens with two attached hydrogens (primary N) is 1. The van der Waals surface area contributed by atoms with Crippen LogP contribution >= 0.6 is 0 Å². The molecule has 0 spiro atoms. The number of aliphatic imine (C=N–C) groups is 1. The van der Waals surface area contributed by atoms with Crippen molar-refractivity contribution in [2.45, 2.75) is 13.3 Å². The van der Waals surface area contributed by atoms with Crippen LogP contribution < -0.4 is 11.1 Å².